The molecule has 0 fully saturated rings. The molecule has 2 unspecified atom stereocenters. The van der Waals surface area contributed by atoms with Crippen LogP contribution in [0.15, 0.2) is 73.1 Å². The third kappa shape index (κ3) is 11.4. The average molecular weight is 1170 g/mol. The van der Waals surface area contributed by atoms with E-state index in [2.05, 4.69) is 115 Å². The van der Waals surface area contributed by atoms with Gasteiger partial charge in [0.2, 0.25) is 0 Å². The van der Waals surface area contributed by atoms with Crippen molar-refractivity contribution in [3.63, 3.8) is 0 Å². The Morgan fingerprint density at radius 2 is 0.805 bits per heavy atom. The van der Waals surface area contributed by atoms with Crippen LogP contribution >= 0.6 is 91.5 Å². The summed E-state index contributed by atoms with van der Waals surface area (Å²) < 4.78 is 20.1. The molecule has 0 amide bonds. The summed E-state index contributed by atoms with van der Waals surface area (Å²) in [5.74, 6) is 1.25. The number of nitrogens with zero attached hydrogens (tertiary/aromatic N) is 6. The van der Waals surface area contributed by atoms with Crippen LogP contribution in [0.3, 0.4) is 0 Å². The standard InChI is InChI=1S/C63H72N6S8/c1-7-13-17-19-23-41-25-27-47(70-41)49-29-31-51(72-49)57-59-55(66-76-68-59)43(37-64-57)53-33-45-61(74-53)62-46(63(45,35-39(11-5)21-15-9-3)36-40(12-6)22-16-10-4)34-54(75-62)44-38-65-58(60-56(44)67-77-69-60)52-32-30-50(73-52)48-28-26-42(71-48)24-20-18-14-8-2/h25-34,37-40H,7-24,35-36H2,1-6H3. The van der Waals surface area contributed by atoms with Crippen molar-refractivity contribution in [2.45, 2.75) is 175 Å². The second kappa shape index (κ2) is 25.3. The molecule has 0 radical (unpaired) electrons. The highest BCUT2D eigenvalue weighted by Crippen LogP contribution is 2.63. The maximum atomic E-state index is 5.29. The Kier molecular flexibility index (Phi) is 18.1. The van der Waals surface area contributed by atoms with E-state index < -0.39 is 0 Å². The average Bonchev–Trinajstić information content (AvgIpc) is 4.45. The number of fused-ring (bicyclic) bond motifs is 5. The fraction of sp³-hybridized carbons (Fsp3) is 0.460. The topological polar surface area (TPSA) is 77.3 Å². The highest BCUT2D eigenvalue weighted by Gasteiger charge is 2.48. The predicted octanol–water partition coefficient (Wildman–Crippen LogP) is 22.6. The molecule has 14 heteroatoms. The first kappa shape index (κ1) is 55.1. The zero-order chi connectivity index (χ0) is 52.9. The summed E-state index contributed by atoms with van der Waals surface area (Å²) in [6.45, 7) is 14.1. The highest BCUT2D eigenvalue weighted by atomic mass is 32.1. The van der Waals surface area contributed by atoms with Gasteiger partial charge in [-0.25, -0.2) is 0 Å². The first-order chi connectivity index (χ1) is 37.9. The van der Waals surface area contributed by atoms with Gasteiger partial charge >= 0.3 is 0 Å². The van der Waals surface area contributed by atoms with Crippen LogP contribution in [0.2, 0.25) is 0 Å². The van der Waals surface area contributed by atoms with Crippen molar-refractivity contribution in [3.05, 3.63) is 93.9 Å². The van der Waals surface area contributed by atoms with E-state index in [0.29, 0.717) is 11.8 Å². The molecule has 2 atom stereocenters. The lowest BCUT2D eigenvalue weighted by molar-refractivity contribution is 0.266. The molecule has 10 aromatic rings. The van der Waals surface area contributed by atoms with E-state index in [1.165, 1.54) is 199 Å². The largest absolute Gasteiger partial charge is 0.252 e. The second-order valence-corrected chi connectivity index (χ2v) is 29.1. The molecule has 10 aromatic heterocycles. The molecule has 0 saturated heterocycles. The summed E-state index contributed by atoms with van der Waals surface area (Å²) in [4.78, 5) is 26.4. The van der Waals surface area contributed by atoms with Gasteiger partial charge < -0.3 is 0 Å². The van der Waals surface area contributed by atoms with Crippen LogP contribution in [0.4, 0.5) is 0 Å². The number of pyridine rings is 2. The molecular formula is C63H72N6S8. The lowest BCUT2D eigenvalue weighted by Crippen LogP contribution is -2.31. The Morgan fingerprint density at radius 1 is 0.403 bits per heavy atom. The molecule has 0 spiro atoms. The van der Waals surface area contributed by atoms with Gasteiger partial charge in [0.25, 0.3) is 0 Å². The van der Waals surface area contributed by atoms with Crippen LogP contribution in [0, 0.1) is 11.8 Å². The Bertz CT molecular complexity index is 3300. The minimum atomic E-state index is -0.119. The van der Waals surface area contributed by atoms with Gasteiger partial charge in [-0.2, -0.15) is 17.5 Å². The van der Waals surface area contributed by atoms with E-state index in [1.807, 2.05) is 68.0 Å². The van der Waals surface area contributed by atoms with E-state index >= 15 is 0 Å². The molecule has 11 rings (SSSR count). The SMILES string of the molecule is CCCCCCc1ccc(-c2ccc(-c3ncc(-c4cc5c(s4)-c4sc(-c6cnc(-c7ccc(-c8ccc(CCCCCC)s8)s7)c7nsnc67)cc4C5(CC(CC)CCCC)CC(CC)CCCC)c4nsnc34)s2)s1. The van der Waals surface area contributed by atoms with Crippen LogP contribution in [-0.4, -0.2) is 27.5 Å². The van der Waals surface area contributed by atoms with Gasteiger partial charge in [0.15, 0.2) is 0 Å². The number of aromatic nitrogens is 6. The van der Waals surface area contributed by atoms with Gasteiger partial charge in [-0.3, -0.25) is 9.97 Å². The smallest absolute Gasteiger partial charge is 0.132 e. The van der Waals surface area contributed by atoms with Crippen molar-refractivity contribution in [1.29, 1.82) is 0 Å². The normalized spacial score (nSPS) is 13.8. The fourth-order valence-electron chi connectivity index (χ4n) is 11.8. The zero-order valence-corrected chi connectivity index (χ0v) is 52.2. The van der Waals surface area contributed by atoms with Crippen molar-refractivity contribution in [3.8, 4) is 71.3 Å². The minimum absolute atomic E-state index is 0.119. The molecule has 402 valence electrons. The van der Waals surface area contributed by atoms with E-state index in [9.17, 15) is 0 Å². The molecule has 1 aliphatic carbocycles. The number of rotatable bonds is 28. The number of thiophene rings is 6. The first-order valence-corrected chi connectivity index (χ1v) is 35.1. The van der Waals surface area contributed by atoms with E-state index in [4.69, 9.17) is 27.5 Å². The summed E-state index contributed by atoms with van der Waals surface area (Å²) in [5, 5.41) is 0. The van der Waals surface area contributed by atoms with Crippen molar-refractivity contribution >= 4 is 114 Å². The molecule has 1 aliphatic rings. The van der Waals surface area contributed by atoms with Gasteiger partial charge in [-0.15, -0.1) is 68.0 Å². The van der Waals surface area contributed by atoms with Crippen LogP contribution in [0.1, 0.15) is 178 Å². The van der Waals surface area contributed by atoms with Crippen LogP contribution < -0.4 is 0 Å². The number of unbranched alkanes of at least 4 members (excludes halogenated alkanes) is 8. The maximum Gasteiger partial charge on any atom is 0.132 e. The third-order valence-corrected chi connectivity index (χ3v) is 24.6. The van der Waals surface area contributed by atoms with Crippen molar-refractivity contribution < 1.29 is 0 Å². The molecule has 6 nitrogen and oxygen atoms in total. The maximum absolute atomic E-state index is 5.29. The molecule has 0 saturated carbocycles. The second-order valence-electron chi connectivity index (χ2n) is 21.5. The van der Waals surface area contributed by atoms with Gasteiger partial charge in [-0.1, -0.05) is 131 Å². The molecule has 10 heterocycles. The monoisotopic (exact) mass is 1170 g/mol. The Morgan fingerprint density at radius 3 is 1.23 bits per heavy atom. The van der Waals surface area contributed by atoms with E-state index in [-0.39, 0.29) is 5.41 Å². The molecule has 77 heavy (non-hydrogen) atoms. The molecule has 0 N–H and O–H groups in total. The minimum Gasteiger partial charge on any atom is -0.252 e. The molecule has 0 aliphatic heterocycles. The molecular weight excluding hydrogens is 1100 g/mol. The quantitative estimate of drug-likeness (QED) is 0.0455. The Hall–Kier alpha value is -3.86. The number of hydrogen-bond donors (Lipinski definition) is 0. The Labute approximate surface area is 489 Å². The van der Waals surface area contributed by atoms with Crippen LogP contribution in [-0.2, 0) is 18.3 Å². The van der Waals surface area contributed by atoms with E-state index in [1.54, 1.807) is 0 Å². The number of aryl methyl sites for hydroxylation is 2. The lowest BCUT2D eigenvalue weighted by atomic mass is 9.65. The zero-order valence-electron chi connectivity index (χ0n) is 45.7. The van der Waals surface area contributed by atoms with Crippen molar-refractivity contribution in [2.24, 2.45) is 11.8 Å². The van der Waals surface area contributed by atoms with Crippen LogP contribution in [0.5, 0.6) is 0 Å². The van der Waals surface area contributed by atoms with Crippen LogP contribution in [0.25, 0.3) is 93.4 Å². The third-order valence-electron chi connectivity index (χ3n) is 16.2. The summed E-state index contributed by atoms with van der Waals surface area (Å²) in [6.07, 6.45) is 29.1. The van der Waals surface area contributed by atoms with Gasteiger partial charge in [0.1, 0.15) is 33.5 Å². The highest BCUT2D eigenvalue weighted by molar-refractivity contribution is 7.26. The molecule has 0 bridgehead atoms. The summed E-state index contributed by atoms with van der Waals surface area (Å²) in [7, 11) is 0. The summed E-state index contributed by atoms with van der Waals surface area (Å²) >= 11 is 14.1. The lowest BCUT2D eigenvalue weighted by Gasteiger charge is -2.37. The van der Waals surface area contributed by atoms with Gasteiger partial charge in [-0.05, 0) is 122 Å². The van der Waals surface area contributed by atoms with Crippen molar-refractivity contribution in [1.82, 2.24) is 27.5 Å². The van der Waals surface area contributed by atoms with E-state index in [0.717, 1.165) is 67.2 Å². The first-order valence-electron chi connectivity index (χ1n) is 28.8. The number of hydrogen-bond acceptors (Lipinski definition) is 14. The van der Waals surface area contributed by atoms with Gasteiger partial charge in [0.05, 0.1) is 33.2 Å². The Balaban J connectivity index is 0.966. The van der Waals surface area contributed by atoms with Crippen molar-refractivity contribution in [2.75, 3.05) is 0 Å². The van der Waals surface area contributed by atoms with Gasteiger partial charge in [0, 0.05) is 77.7 Å². The summed E-state index contributed by atoms with van der Waals surface area (Å²) in [5.41, 5.74) is 10.7. The summed E-state index contributed by atoms with van der Waals surface area (Å²) in [6, 6.07) is 23.5. The predicted molar refractivity (Wildman–Crippen MR) is 342 cm³/mol. The fourth-order valence-corrected chi connectivity index (χ4v) is 19.9. The molecule has 0 aromatic carbocycles.